The number of carboxylic acids is 1. The van der Waals surface area contributed by atoms with Gasteiger partial charge < -0.3 is 24.6 Å². The van der Waals surface area contributed by atoms with Gasteiger partial charge in [0.05, 0.1) is 38.6 Å². The minimum absolute atomic E-state index is 0.0198. The summed E-state index contributed by atoms with van der Waals surface area (Å²) in [5.74, 6) is -0.479. The molecule has 2 N–H and O–H groups in total. The van der Waals surface area contributed by atoms with Crippen LogP contribution in [0.4, 0.5) is 0 Å². The zero-order valence-corrected chi connectivity index (χ0v) is 21.7. The van der Waals surface area contributed by atoms with Crippen LogP contribution < -0.4 is 14.8 Å². The van der Waals surface area contributed by atoms with Crippen LogP contribution in [0.5, 0.6) is 11.5 Å². The second kappa shape index (κ2) is 12.8. The van der Waals surface area contributed by atoms with E-state index in [9.17, 15) is 14.7 Å². The van der Waals surface area contributed by atoms with Gasteiger partial charge in [-0.3, -0.25) is 4.79 Å². The van der Waals surface area contributed by atoms with Crippen molar-refractivity contribution in [2.24, 2.45) is 5.92 Å². The van der Waals surface area contributed by atoms with Crippen molar-refractivity contribution in [3.8, 4) is 22.6 Å². The molecule has 3 rings (SSSR count). The number of carbonyl (C=O) groups is 2. The number of rotatable bonds is 13. The maximum Gasteiger partial charge on any atom is 0.326 e. The fourth-order valence-corrected chi connectivity index (χ4v) is 4.35. The second-order valence-electron chi connectivity index (χ2n) is 8.39. The van der Waals surface area contributed by atoms with E-state index < -0.39 is 17.9 Å². The molecule has 1 saturated carbocycles. The summed E-state index contributed by atoms with van der Waals surface area (Å²) in [5.41, 5.74) is 3.46. The molecule has 0 bridgehead atoms. The van der Waals surface area contributed by atoms with Gasteiger partial charge in [-0.05, 0) is 47.6 Å². The molecule has 1 aliphatic rings. The van der Waals surface area contributed by atoms with Gasteiger partial charge >= 0.3 is 5.97 Å². The van der Waals surface area contributed by atoms with Crippen LogP contribution in [0.1, 0.15) is 24.0 Å². The van der Waals surface area contributed by atoms with Gasteiger partial charge in [0.25, 0.3) is 5.91 Å². The fourth-order valence-electron chi connectivity index (χ4n) is 3.87. The van der Waals surface area contributed by atoms with Crippen molar-refractivity contribution in [1.82, 2.24) is 5.32 Å². The highest BCUT2D eigenvalue weighted by Gasteiger charge is 2.34. The lowest BCUT2D eigenvalue weighted by atomic mass is 9.98. The normalized spacial score (nSPS) is 13.4. The van der Waals surface area contributed by atoms with Crippen LogP contribution in [-0.4, -0.2) is 43.9 Å². The summed E-state index contributed by atoms with van der Waals surface area (Å²) in [6, 6.07) is 9.97. The molecule has 0 saturated heterocycles. The summed E-state index contributed by atoms with van der Waals surface area (Å²) in [7, 11) is 3.16. The Labute approximate surface area is 220 Å². The van der Waals surface area contributed by atoms with Crippen LogP contribution in [0.25, 0.3) is 11.1 Å². The van der Waals surface area contributed by atoms with E-state index in [1.54, 1.807) is 20.3 Å². The molecule has 1 fully saturated rings. The topological polar surface area (TPSA) is 94.1 Å². The van der Waals surface area contributed by atoms with Crippen molar-refractivity contribution in [2.75, 3.05) is 20.8 Å². The van der Waals surface area contributed by atoms with Crippen molar-refractivity contribution < 1.29 is 28.9 Å². The van der Waals surface area contributed by atoms with E-state index in [2.05, 4.69) is 11.9 Å². The zero-order chi connectivity index (χ0) is 26.2. The van der Waals surface area contributed by atoms with Crippen LogP contribution in [0, 0.1) is 5.92 Å². The number of carbonyl (C=O) groups excluding carboxylic acids is 1. The van der Waals surface area contributed by atoms with Crippen LogP contribution in [0.2, 0.25) is 0 Å². The molecule has 0 radical (unpaired) electrons. The molecule has 1 amide bonds. The molecule has 9 heteroatoms. The number of methoxy groups -OCH3 is 2. The van der Waals surface area contributed by atoms with Crippen molar-refractivity contribution in [2.45, 2.75) is 31.9 Å². The van der Waals surface area contributed by atoms with E-state index in [1.165, 1.54) is 0 Å². The van der Waals surface area contributed by atoms with Gasteiger partial charge in [0.15, 0.2) is 0 Å². The first-order valence-corrected chi connectivity index (χ1v) is 12.2. The predicted molar refractivity (Wildman–Crippen MR) is 140 cm³/mol. The first-order valence-electron chi connectivity index (χ1n) is 11.4. The first-order chi connectivity index (χ1) is 17.3. The van der Waals surface area contributed by atoms with Crippen molar-refractivity contribution in [1.29, 1.82) is 0 Å². The molecule has 36 heavy (non-hydrogen) atoms. The van der Waals surface area contributed by atoms with Gasteiger partial charge in [0.2, 0.25) is 0 Å². The third-order valence-electron chi connectivity index (χ3n) is 5.79. The number of aliphatic carboxylic acids is 1. The largest absolute Gasteiger partial charge is 0.496 e. The number of halogens is 2. The van der Waals surface area contributed by atoms with E-state index in [4.69, 9.17) is 37.4 Å². The number of nitrogens with one attached hydrogen (secondary N) is 1. The van der Waals surface area contributed by atoms with Gasteiger partial charge in [-0.2, -0.15) is 0 Å². The van der Waals surface area contributed by atoms with Crippen LogP contribution in [0.15, 0.2) is 59.1 Å². The molecule has 7 nitrogen and oxygen atoms in total. The third kappa shape index (κ3) is 7.03. The maximum absolute atomic E-state index is 12.6. The maximum atomic E-state index is 12.6. The average Bonchev–Trinajstić information content (AvgIpc) is 3.68. The van der Waals surface area contributed by atoms with Crippen LogP contribution >= 0.6 is 23.2 Å². The van der Waals surface area contributed by atoms with Crippen molar-refractivity contribution >= 4 is 35.1 Å². The minimum Gasteiger partial charge on any atom is -0.496 e. The Hall–Kier alpha value is -3.00. The predicted octanol–water partition coefficient (Wildman–Crippen LogP) is 5.28. The Morgan fingerprint density at radius 3 is 2.19 bits per heavy atom. The number of amides is 1. The lowest BCUT2D eigenvalue weighted by Crippen LogP contribution is -2.43. The SMILES string of the molecule is C=CCOCc1cc(OC)c(-c2ccc(C[C@H](NC(=O)C(=C(Cl)Cl)C3CC3)C(=O)O)cc2)c(OC)c1. The summed E-state index contributed by atoms with van der Waals surface area (Å²) < 4.78 is 16.6. The van der Waals surface area contributed by atoms with Gasteiger partial charge in [0.1, 0.15) is 22.0 Å². The number of carboxylic acid groups (broad SMARTS) is 1. The number of ether oxygens (including phenoxy) is 3. The Morgan fingerprint density at radius 1 is 1.11 bits per heavy atom. The molecule has 0 unspecified atom stereocenters. The molecule has 0 heterocycles. The molecule has 0 aliphatic heterocycles. The molecule has 2 aromatic carbocycles. The highest BCUT2D eigenvalue weighted by Crippen LogP contribution is 2.41. The first kappa shape index (κ1) is 27.6. The van der Waals surface area contributed by atoms with Crippen molar-refractivity contribution in [3.05, 3.63) is 70.2 Å². The number of benzene rings is 2. The Balaban J connectivity index is 1.80. The molecule has 0 aromatic heterocycles. The van der Waals surface area contributed by atoms with E-state index in [-0.39, 0.29) is 22.4 Å². The summed E-state index contributed by atoms with van der Waals surface area (Å²) in [5, 5.41) is 12.2. The van der Waals surface area contributed by atoms with Gasteiger partial charge in [-0.1, -0.05) is 53.5 Å². The summed E-state index contributed by atoms with van der Waals surface area (Å²) in [6.07, 6.45) is 3.38. The van der Waals surface area contributed by atoms with Crippen LogP contribution in [0.3, 0.4) is 0 Å². The number of hydrogen-bond acceptors (Lipinski definition) is 5. The van der Waals surface area contributed by atoms with Crippen molar-refractivity contribution in [3.63, 3.8) is 0 Å². The minimum atomic E-state index is -1.15. The average molecular weight is 534 g/mol. The van der Waals surface area contributed by atoms with Crippen LogP contribution in [-0.2, 0) is 27.4 Å². The van der Waals surface area contributed by atoms with Gasteiger partial charge in [-0.25, -0.2) is 4.79 Å². The lowest BCUT2D eigenvalue weighted by molar-refractivity contribution is -0.141. The smallest absolute Gasteiger partial charge is 0.326 e. The Kier molecular flexibility index (Phi) is 9.81. The zero-order valence-electron chi connectivity index (χ0n) is 20.2. The van der Waals surface area contributed by atoms with E-state index in [1.807, 2.05) is 36.4 Å². The Bertz CT molecular complexity index is 1110. The third-order valence-corrected chi connectivity index (χ3v) is 6.20. The molecule has 0 spiro atoms. The second-order valence-corrected chi connectivity index (χ2v) is 9.34. The van der Waals surface area contributed by atoms with E-state index >= 15 is 0 Å². The highest BCUT2D eigenvalue weighted by molar-refractivity contribution is 6.57. The summed E-state index contributed by atoms with van der Waals surface area (Å²) in [4.78, 5) is 24.5. The monoisotopic (exact) mass is 533 g/mol. The standard InChI is InChI=1S/C27H29Cl2NO6/c1-4-11-36-15-17-13-21(34-2)23(22(14-17)35-3)18-7-5-16(6-8-18)12-20(27(32)33)30-26(31)24(25(28)29)19-9-10-19/h4-8,13-14,19-20H,1,9-12,15H2,2-3H3,(H,30,31)(H,32,33)/t20-/m0/s1. The van der Waals surface area contributed by atoms with E-state index in [0.29, 0.717) is 24.7 Å². The summed E-state index contributed by atoms with van der Waals surface area (Å²) in [6.45, 7) is 4.46. The van der Waals surface area contributed by atoms with E-state index in [0.717, 1.165) is 35.1 Å². The molecule has 1 aliphatic carbocycles. The lowest BCUT2D eigenvalue weighted by Gasteiger charge is -2.18. The molecule has 2 aromatic rings. The summed E-state index contributed by atoms with van der Waals surface area (Å²) >= 11 is 11.7. The molecule has 1 atom stereocenters. The number of hydrogen-bond donors (Lipinski definition) is 2. The molecule has 192 valence electrons. The molecular formula is C27H29Cl2NO6. The quantitative estimate of drug-likeness (QED) is 0.206. The highest BCUT2D eigenvalue weighted by atomic mass is 35.5. The van der Waals surface area contributed by atoms with Gasteiger partial charge in [-0.15, -0.1) is 6.58 Å². The van der Waals surface area contributed by atoms with Gasteiger partial charge in [0, 0.05) is 6.42 Å². The Morgan fingerprint density at radius 2 is 1.72 bits per heavy atom. The fraction of sp³-hybridized carbons (Fsp3) is 0.333. The molecular weight excluding hydrogens is 505 g/mol.